The summed E-state index contributed by atoms with van der Waals surface area (Å²) in [5, 5.41) is 9.76. The lowest BCUT2D eigenvalue weighted by Gasteiger charge is -2.07. The summed E-state index contributed by atoms with van der Waals surface area (Å²) in [5.74, 6) is 0.926. The first-order valence-electron chi connectivity index (χ1n) is 6.07. The quantitative estimate of drug-likeness (QED) is 0.904. The summed E-state index contributed by atoms with van der Waals surface area (Å²) in [6, 6.07) is 3.33. The van der Waals surface area contributed by atoms with Gasteiger partial charge in [-0.3, -0.25) is 4.79 Å². The molecule has 0 spiro atoms. The smallest absolute Gasteiger partial charge is 0.271 e. The van der Waals surface area contributed by atoms with Crippen LogP contribution in [0.15, 0.2) is 16.7 Å². The fraction of sp³-hybridized carbons (Fsp3) is 0.308. The second-order valence-electron chi connectivity index (χ2n) is 4.26. The normalized spacial score (nSPS) is 10.4. The molecule has 0 fully saturated rings. The zero-order valence-electron chi connectivity index (χ0n) is 11.5. The number of hydrogen-bond acceptors (Lipinski definition) is 5. The number of hydrogen-bond donors (Lipinski definition) is 2. The average Bonchev–Trinajstić information content (AvgIpc) is 2.76. The van der Waals surface area contributed by atoms with Gasteiger partial charge < -0.3 is 15.2 Å². The highest BCUT2D eigenvalue weighted by Crippen LogP contribution is 2.17. The molecule has 20 heavy (non-hydrogen) atoms. The average molecular weight is 295 g/mol. The third kappa shape index (κ3) is 2.91. The number of anilines is 1. The maximum Gasteiger partial charge on any atom is 0.271 e. The van der Waals surface area contributed by atoms with Gasteiger partial charge in [-0.05, 0) is 26.0 Å². The third-order valence-corrected chi connectivity index (χ3v) is 3.23. The summed E-state index contributed by atoms with van der Waals surface area (Å²) in [5.41, 5.74) is 1.80. The monoisotopic (exact) mass is 294 g/mol. The molecule has 2 rings (SSSR count). The lowest BCUT2D eigenvalue weighted by atomic mass is 10.2. The second kappa shape index (κ2) is 5.92. The number of carbonyl (C=O) groups is 1. The number of aromatic nitrogens is 2. The number of pyridine rings is 1. The van der Waals surface area contributed by atoms with Gasteiger partial charge in [-0.25, -0.2) is 4.98 Å². The van der Waals surface area contributed by atoms with Crippen molar-refractivity contribution in [1.29, 1.82) is 0 Å². The molecule has 0 bridgehead atoms. The van der Waals surface area contributed by atoms with Crippen LogP contribution in [0.2, 0.25) is 5.02 Å². The van der Waals surface area contributed by atoms with Gasteiger partial charge in [0.1, 0.15) is 17.3 Å². The summed E-state index contributed by atoms with van der Waals surface area (Å²) < 4.78 is 5.04. The Labute approximate surface area is 121 Å². The largest absolute Gasteiger partial charge is 0.373 e. The first kappa shape index (κ1) is 14.3. The molecule has 0 aromatic carbocycles. The van der Waals surface area contributed by atoms with E-state index in [1.807, 2.05) is 6.92 Å². The van der Waals surface area contributed by atoms with Crippen molar-refractivity contribution in [2.24, 2.45) is 0 Å². The standard InChI is InChI=1S/C13H15ClN4O2/c1-7-9(8(2)20-18-7)6-16-13(19)12-10(14)4-5-11(15-3)17-12/h4-5H,6H2,1-3H3,(H,15,17)(H,16,19). The molecular formula is C13H15ClN4O2. The van der Waals surface area contributed by atoms with Crippen LogP contribution in [-0.4, -0.2) is 23.1 Å². The molecule has 0 saturated carbocycles. The molecular weight excluding hydrogens is 280 g/mol. The van der Waals surface area contributed by atoms with Gasteiger partial charge in [0.05, 0.1) is 10.7 Å². The third-order valence-electron chi connectivity index (χ3n) is 2.92. The second-order valence-corrected chi connectivity index (χ2v) is 4.67. The number of amides is 1. The van der Waals surface area contributed by atoms with Gasteiger partial charge in [0.2, 0.25) is 0 Å². The Morgan fingerprint density at radius 2 is 2.15 bits per heavy atom. The molecule has 6 nitrogen and oxygen atoms in total. The van der Waals surface area contributed by atoms with E-state index in [-0.39, 0.29) is 11.6 Å². The Hall–Kier alpha value is -2.08. The van der Waals surface area contributed by atoms with Crippen molar-refractivity contribution in [2.75, 3.05) is 12.4 Å². The van der Waals surface area contributed by atoms with Gasteiger partial charge in [-0.15, -0.1) is 0 Å². The highest BCUT2D eigenvalue weighted by Gasteiger charge is 2.15. The fourth-order valence-electron chi connectivity index (χ4n) is 1.75. The molecule has 0 aliphatic rings. The lowest BCUT2D eigenvalue weighted by molar-refractivity contribution is 0.0946. The van der Waals surface area contributed by atoms with Crippen LogP contribution in [0.1, 0.15) is 27.5 Å². The molecule has 106 valence electrons. The molecule has 1 amide bonds. The zero-order valence-corrected chi connectivity index (χ0v) is 12.2. The predicted molar refractivity (Wildman–Crippen MR) is 75.9 cm³/mol. The Morgan fingerprint density at radius 3 is 2.75 bits per heavy atom. The van der Waals surface area contributed by atoms with Crippen LogP contribution in [0, 0.1) is 13.8 Å². The van der Waals surface area contributed by atoms with E-state index in [4.69, 9.17) is 16.1 Å². The molecule has 2 aromatic rings. The highest BCUT2D eigenvalue weighted by atomic mass is 35.5. The number of nitrogens with zero attached hydrogens (tertiary/aromatic N) is 2. The lowest BCUT2D eigenvalue weighted by Crippen LogP contribution is -2.25. The van der Waals surface area contributed by atoms with Crippen molar-refractivity contribution in [2.45, 2.75) is 20.4 Å². The van der Waals surface area contributed by atoms with Crippen LogP contribution in [0.4, 0.5) is 5.82 Å². The zero-order chi connectivity index (χ0) is 14.7. The van der Waals surface area contributed by atoms with Crippen molar-refractivity contribution >= 4 is 23.3 Å². The summed E-state index contributed by atoms with van der Waals surface area (Å²) in [6.07, 6.45) is 0. The topological polar surface area (TPSA) is 80.0 Å². The van der Waals surface area contributed by atoms with Crippen molar-refractivity contribution in [1.82, 2.24) is 15.5 Å². The Morgan fingerprint density at radius 1 is 1.40 bits per heavy atom. The molecule has 7 heteroatoms. The van der Waals surface area contributed by atoms with E-state index >= 15 is 0 Å². The summed E-state index contributed by atoms with van der Waals surface area (Å²) in [7, 11) is 1.72. The van der Waals surface area contributed by atoms with E-state index in [0.29, 0.717) is 23.1 Å². The van der Waals surface area contributed by atoms with Gasteiger partial charge in [0, 0.05) is 19.2 Å². The van der Waals surface area contributed by atoms with Crippen LogP contribution in [0.3, 0.4) is 0 Å². The number of carbonyl (C=O) groups excluding carboxylic acids is 1. The van der Waals surface area contributed by atoms with Gasteiger partial charge in [-0.1, -0.05) is 16.8 Å². The van der Waals surface area contributed by atoms with Crippen LogP contribution >= 0.6 is 11.6 Å². The van der Waals surface area contributed by atoms with Crippen LogP contribution in [0.25, 0.3) is 0 Å². The van der Waals surface area contributed by atoms with Gasteiger partial charge in [-0.2, -0.15) is 0 Å². The molecule has 0 aliphatic carbocycles. The van der Waals surface area contributed by atoms with Gasteiger partial charge >= 0.3 is 0 Å². The Bertz CT molecular complexity index is 620. The van der Waals surface area contributed by atoms with Gasteiger partial charge in [0.15, 0.2) is 0 Å². The van der Waals surface area contributed by atoms with E-state index in [1.54, 1.807) is 26.1 Å². The molecule has 0 radical (unpaired) electrons. The van der Waals surface area contributed by atoms with Crippen LogP contribution in [-0.2, 0) is 6.54 Å². The predicted octanol–water partition coefficient (Wildman–Crippen LogP) is 2.31. The summed E-state index contributed by atoms with van der Waals surface area (Å²) in [6.45, 7) is 3.95. The molecule has 0 unspecified atom stereocenters. The number of halogens is 1. The van der Waals surface area contributed by atoms with E-state index in [1.165, 1.54) is 0 Å². The Balaban J connectivity index is 2.13. The molecule has 2 N–H and O–H groups in total. The summed E-state index contributed by atoms with van der Waals surface area (Å²) in [4.78, 5) is 16.3. The minimum Gasteiger partial charge on any atom is -0.373 e. The molecule has 0 aliphatic heterocycles. The number of rotatable bonds is 4. The van der Waals surface area contributed by atoms with Crippen LogP contribution in [0.5, 0.6) is 0 Å². The molecule has 2 aromatic heterocycles. The van der Waals surface area contributed by atoms with Crippen molar-refractivity contribution < 1.29 is 9.32 Å². The van der Waals surface area contributed by atoms with Crippen molar-refractivity contribution in [3.05, 3.63) is 39.9 Å². The minimum atomic E-state index is -0.341. The van der Waals surface area contributed by atoms with Crippen LogP contribution < -0.4 is 10.6 Å². The van der Waals surface area contributed by atoms with E-state index in [2.05, 4.69) is 20.8 Å². The SMILES string of the molecule is CNc1ccc(Cl)c(C(=O)NCc2c(C)noc2C)n1. The van der Waals surface area contributed by atoms with Gasteiger partial charge in [0.25, 0.3) is 5.91 Å². The first-order valence-corrected chi connectivity index (χ1v) is 6.45. The first-order chi connectivity index (χ1) is 9.52. The van der Waals surface area contributed by atoms with E-state index in [9.17, 15) is 4.79 Å². The molecule has 2 heterocycles. The van der Waals surface area contributed by atoms with Crippen molar-refractivity contribution in [3.8, 4) is 0 Å². The maximum absolute atomic E-state index is 12.1. The highest BCUT2D eigenvalue weighted by molar-refractivity contribution is 6.33. The fourth-order valence-corrected chi connectivity index (χ4v) is 1.94. The summed E-state index contributed by atoms with van der Waals surface area (Å²) >= 11 is 5.99. The maximum atomic E-state index is 12.1. The number of aryl methyl sites for hydroxylation is 2. The minimum absolute atomic E-state index is 0.185. The van der Waals surface area contributed by atoms with E-state index < -0.39 is 0 Å². The molecule has 0 atom stereocenters. The Kier molecular flexibility index (Phi) is 4.24. The van der Waals surface area contributed by atoms with Crippen molar-refractivity contribution in [3.63, 3.8) is 0 Å². The molecule has 0 saturated heterocycles. The number of nitrogens with one attached hydrogen (secondary N) is 2. The van der Waals surface area contributed by atoms with E-state index in [0.717, 1.165) is 11.3 Å².